The molecule has 0 aliphatic carbocycles. The number of phenolic OH excluding ortho intramolecular Hbond substituents is 1. The van der Waals surface area contributed by atoms with Crippen LogP contribution in [0.4, 0.5) is 14.4 Å². The van der Waals surface area contributed by atoms with Crippen molar-refractivity contribution < 1.29 is 69.0 Å². The molecule has 0 spiro atoms. The predicted octanol–water partition coefficient (Wildman–Crippen LogP) is 24.4. The molecule has 0 saturated carbocycles. The van der Waals surface area contributed by atoms with E-state index in [1.165, 1.54) is 11.1 Å². The number of carbonyl (C=O) groups is 3. The molecule has 0 radical (unpaired) electrons. The zero-order valence-electron chi connectivity index (χ0n) is 60.3. The summed E-state index contributed by atoms with van der Waals surface area (Å²) in [4.78, 5) is 34.9. The first kappa shape index (κ1) is 72.8. The Morgan fingerprint density at radius 2 is 0.552 bits per heavy atom. The SMILES string of the molecule is CC(C)(C)OC(=O)OC(=O)OC(C)(C)C.Cc1cc(C)c(O)c(-c2cc(C)cc(C)c2Op2oc3c(C)cc(C)cc3c3cc(C)cc(C)c3o2)c1.Cc1cc(C)c(OC(=O)OC(C)(C)C)c(-c2cc(C)cc(C)c2Op2oc3c(C)cc(C)cc3c3cc(C)cc(C)c3o2)c1. The predicted molar refractivity (Wildman–Crippen MR) is 386 cm³/mol. The van der Waals surface area contributed by atoms with E-state index in [9.17, 15) is 19.5 Å². The molecule has 8 aromatic carbocycles. The summed E-state index contributed by atoms with van der Waals surface area (Å²) in [6.07, 6.45) is -2.88. The van der Waals surface area contributed by atoms with E-state index in [0.29, 0.717) is 17.2 Å². The second-order valence-electron chi connectivity index (χ2n) is 28.3. The Balaban J connectivity index is 0.000000205. The molecule has 17 heteroatoms. The van der Waals surface area contributed by atoms with Gasteiger partial charge in [0.05, 0.1) is 0 Å². The molecule has 0 unspecified atom stereocenters. The van der Waals surface area contributed by atoms with E-state index < -0.39 is 51.7 Å². The topological polar surface area (TPSA) is 189 Å². The van der Waals surface area contributed by atoms with Crippen LogP contribution in [0.15, 0.2) is 114 Å². The highest BCUT2D eigenvalue weighted by Crippen LogP contribution is 2.49. The molecule has 2 aromatic heterocycles. The summed E-state index contributed by atoms with van der Waals surface area (Å²) >= 11 is 0. The fourth-order valence-electron chi connectivity index (χ4n) is 11.6. The molecule has 15 nitrogen and oxygen atoms in total. The summed E-state index contributed by atoms with van der Waals surface area (Å²) in [7, 11) is -3.76. The van der Waals surface area contributed by atoms with E-state index in [-0.39, 0.29) is 5.75 Å². The molecule has 0 amide bonds. The molecule has 2 heterocycles. The molecule has 0 bridgehead atoms. The van der Waals surface area contributed by atoms with Crippen LogP contribution < -0.4 is 13.8 Å². The smallest absolute Gasteiger partial charge is 0.507 e. The van der Waals surface area contributed by atoms with Crippen LogP contribution in [0.2, 0.25) is 0 Å². The second kappa shape index (κ2) is 28.7. The standard InChI is InChI=1S/C37H41O6P.C32H33O4P.C10H18O5/c1-20-12-24(5)32(39-36(38)40-37(9,10)11)28(16-20)29-17-21(2)13-25(6)33(29)41-44-42-34-26(7)14-22(3)18-30(34)31-19-23(4)15-27(8)35(31)43-44;1-17-9-21(5)29(33)25(13-17)26-14-18(2)10-22(6)30(26)34-37-35-31-23(7)11-19(3)15-27(31)28-16-20(4)12-24(8)32(28)36-37;1-9(2,3)14-7(11)13-8(12)15-10(4,5)6/h12-19H,1-11H3;9-16,33H,1-8H3;1-6H3. The monoisotopic (exact) mass is 1340 g/mol. The maximum atomic E-state index is 12.9. The van der Waals surface area contributed by atoms with Gasteiger partial charge in [0.15, 0.2) is 0 Å². The minimum atomic E-state index is -1.92. The first-order valence-electron chi connectivity index (χ1n) is 31.9. The van der Waals surface area contributed by atoms with Crippen LogP contribution in [0.25, 0.3) is 66.1 Å². The third kappa shape index (κ3) is 18.1. The van der Waals surface area contributed by atoms with Crippen LogP contribution in [-0.4, -0.2) is 40.4 Å². The first-order chi connectivity index (χ1) is 44.6. The number of phenols is 1. The van der Waals surface area contributed by atoms with Crippen molar-refractivity contribution >= 4 is 78.8 Å². The lowest BCUT2D eigenvalue weighted by atomic mass is 9.95. The summed E-state index contributed by atoms with van der Waals surface area (Å²) in [5.74, 6) is 1.92. The Kier molecular flexibility index (Phi) is 21.8. The largest absolute Gasteiger partial charge is 0.519 e. The highest BCUT2D eigenvalue weighted by molar-refractivity contribution is 7.32. The number of hydrogen-bond acceptors (Lipinski definition) is 15. The van der Waals surface area contributed by atoms with Crippen LogP contribution in [0, 0.1) is 111 Å². The van der Waals surface area contributed by atoms with Gasteiger partial charge in [-0.3, -0.25) is 0 Å². The third-order valence-electron chi connectivity index (χ3n) is 15.1. The highest BCUT2D eigenvalue weighted by atomic mass is 31.1. The number of fused-ring (bicyclic) bond motifs is 6. The Bertz CT molecular complexity index is 4610. The van der Waals surface area contributed by atoms with Gasteiger partial charge in [-0.05, 0) is 311 Å². The maximum absolute atomic E-state index is 12.9. The average molecular weight is 1340 g/mol. The van der Waals surface area contributed by atoms with E-state index >= 15 is 0 Å². The van der Waals surface area contributed by atoms with Crippen LogP contribution in [0.5, 0.6) is 23.0 Å². The number of benzene rings is 8. The van der Waals surface area contributed by atoms with Crippen LogP contribution in [0.1, 0.15) is 151 Å². The number of rotatable bonds is 7. The number of aryl methyl sites for hydroxylation is 16. The number of hydrogen-bond donors (Lipinski definition) is 1. The second-order valence-corrected chi connectivity index (χ2v) is 30.3. The van der Waals surface area contributed by atoms with Crippen molar-refractivity contribution in [2.24, 2.45) is 0 Å². The summed E-state index contributed by atoms with van der Waals surface area (Å²) in [5.41, 5.74) is 20.4. The number of aromatic hydroxyl groups is 1. The molecule has 0 fully saturated rings. The molecule has 10 rings (SSSR count). The molecule has 0 aliphatic heterocycles. The molecule has 96 heavy (non-hydrogen) atoms. The minimum Gasteiger partial charge on any atom is -0.507 e. The Hall–Kier alpha value is -9.03. The molecular weight excluding hydrogens is 1250 g/mol. The summed E-state index contributed by atoms with van der Waals surface area (Å²) in [6.45, 7) is 48.0. The van der Waals surface area contributed by atoms with Crippen molar-refractivity contribution in [3.05, 3.63) is 186 Å². The van der Waals surface area contributed by atoms with Crippen molar-refractivity contribution in [2.75, 3.05) is 0 Å². The van der Waals surface area contributed by atoms with Gasteiger partial charge in [-0.15, -0.1) is 0 Å². The van der Waals surface area contributed by atoms with E-state index in [1.807, 2.05) is 120 Å². The average Bonchev–Trinajstić information content (AvgIpc) is 1.49. The van der Waals surface area contributed by atoms with E-state index in [1.54, 1.807) is 41.5 Å². The zero-order chi connectivity index (χ0) is 71.0. The Labute approximate surface area is 566 Å². The highest BCUT2D eigenvalue weighted by Gasteiger charge is 2.28. The van der Waals surface area contributed by atoms with Gasteiger partial charge in [-0.25, -0.2) is 14.4 Å². The van der Waals surface area contributed by atoms with Crippen molar-refractivity contribution in [1.29, 1.82) is 0 Å². The fourth-order valence-corrected chi connectivity index (χ4v) is 14.2. The number of carbonyl (C=O) groups excluding carboxylic acids is 3. The van der Waals surface area contributed by atoms with Gasteiger partial charge in [0.25, 0.3) is 0 Å². The van der Waals surface area contributed by atoms with Gasteiger partial charge in [0.1, 0.15) is 62.1 Å². The van der Waals surface area contributed by atoms with Crippen molar-refractivity contribution in [2.45, 2.75) is 190 Å². The maximum Gasteiger partial charge on any atom is 0.519 e. The van der Waals surface area contributed by atoms with Gasteiger partial charge in [-0.1, -0.05) is 48.5 Å². The molecule has 508 valence electrons. The summed E-state index contributed by atoms with van der Waals surface area (Å²) < 4.78 is 64.9. The lowest BCUT2D eigenvalue weighted by Crippen LogP contribution is -2.29. The zero-order valence-corrected chi connectivity index (χ0v) is 62.1. The van der Waals surface area contributed by atoms with E-state index in [4.69, 9.17) is 44.8 Å². The van der Waals surface area contributed by atoms with Gasteiger partial charge in [0.2, 0.25) is 0 Å². The third-order valence-corrected chi connectivity index (χ3v) is 17.0. The summed E-state index contributed by atoms with van der Waals surface area (Å²) in [5, 5.41) is 15.0. The molecule has 0 saturated heterocycles. The van der Waals surface area contributed by atoms with Crippen LogP contribution in [-0.2, 0) is 18.9 Å². The molecular formula is C79H92O15P2. The van der Waals surface area contributed by atoms with Gasteiger partial charge in [0, 0.05) is 43.8 Å². The lowest BCUT2D eigenvalue weighted by molar-refractivity contribution is -0.0294. The molecule has 0 atom stereocenters. The molecule has 10 aromatic rings. The first-order valence-corrected chi connectivity index (χ1v) is 34.1. The Morgan fingerprint density at radius 1 is 0.312 bits per heavy atom. The van der Waals surface area contributed by atoms with Crippen molar-refractivity contribution in [3.63, 3.8) is 0 Å². The van der Waals surface area contributed by atoms with Crippen LogP contribution >= 0.6 is 16.5 Å². The van der Waals surface area contributed by atoms with Crippen molar-refractivity contribution in [1.82, 2.24) is 0 Å². The quantitative estimate of drug-likeness (QED) is 0.0686. The number of ether oxygens (including phenoxy) is 5. The van der Waals surface area contributed by atoms with Crippen LogP contribution in [0.3, 0.4) is 0 Å². The van der Waals surface area contributed by atoms with Gasteiger partial charge >= 0.3 is 34.9 Å². The Morgan fingerprint density at radius 3 is 0.865 bits per heavy atom. The van der Waals surface area contributed by atoms with Gasteiger partial charge in [-0.2, -0.15) is 0 Å². The molecule has 0 aliphatic rings. The lowest BCUT2D eigenvalue weighted by Gasteiger charge is -2.21. The molecule has 1 N–H and O–H groups in total. The van der Waals surface area contributed by atoms with Crippen molar-refractivity contribution in [3.8, 4) is 45.3 Å². The van der Waals surface area contributed by atoms with E-state index in [0.717, 1.165) is 144 Å². The normalized spacial score (nSPS) is 11.6. The van der Waals surface area contributed by atoms with Gasteiger partial charge < -0.3 is 54.6 Å². The fraction of sp³-hybridized carbons (Fsp3) is 0.354. The summed E-state index contributed by atoms with van der Waals surface area (Å²) in [6, 6.07) is 33.2. The minimum absolute atomic E-state index is 0.254. The van der Waals surface area contributed by atoms with E-state index in [2.05, 4.69) is 113 Å².